The minimum Gasteiger partial charge on any atom is -0.388 e. The normalized spacial score (nSPS) is 53.7. The molecule has 0 amide bonds. The molecule has 0 aromatic heterocycles. The van der Waals surface area contributed by atoms with E-state index >= 15 is 4.39 Å². The van der Waals surface area contributed by atoms with Crippen molar-refractivity contribution in [3.8, 4) is 0 Å². The second kappa shape index (κ2) is 6.38. The van der Waals surface area contributed by atoms with E-state index in [-0.39, 0.29) is 24.5 Å². The average Bonchev–Trinajstić information content (AvgIpc) is 2.86. The molecular formula is C22H27Cl2FO4. The number of carbonyl (C=O) groups excluding carboxylic acids is 2. The molecule has 0 aromatic rings. The molecule has 9 atom stereocenters. The Hall–Kier alpha value is -0.750. The first kappa shape index (κ1) is 21.5. The molecule has 7 heteroatoms. The van der Waals surface area contributed by atoms with Crippen LogP contribution in [0.3, 0.4) is 0 Å². The number of Topliss-reactive ketones (excluding diaryl/α,β-unsaturated/α-hetero) is 1. The molecule has 29 heavy (non-hydrogen) atoms. The van der Waals surface area contributed by atoms with E-state index in [1.165, 1.54) is 12.2 Å². The Bertz CT molecular complexity index is 843. The Labute approximate surface area is 180 Å². The van der Waals surface area contributed by atoms with Gasteiger partial charge in [-0.1, -0.05) is 26.8 Å². The number of hydrogen-bond acceptors (Lipinski definition) is 4. The van der Waals surface area contributed by atoms with E-state index in [1.807, 2.05) is 13.8 Å². The Morgan fingerprint density at radius 1 is 1.31 bits per heavy atom. The molecule has 2 N–H and O–H groups in total. The highest BCUT2D eigenvalue weighted by Gasteiger charge is 2.75. The third kappa shape index (κ3) is 2.34. The van der Waals surface area contributed by atoms with E-state index in [9.17, 15) is 19.8 Å². The van der Waals surface area contributed by atoms with Gasteiger partial charge in [0.05, 0.1) is 10.3 Å². The Balaban J connectivity index is 1.87. The number of rotatable bonds is 2. The van der Waals surface area contributed by atoms with E-state index < -0.39 is 57.1 Å². The number of alkyl halides is 3. The zero-order chi connectivity index (χ0) is 21.6. The Morgan fingerprint density at radius 2 is 1.97 bits per heavy atom. The molecule has 4 rings (SSSR count). The highest BCUT2D eigenvalue weighted by atomic mass is 35.5. The van der Waals surface area contributed by atoms with Gasteiger partial charge in [-0.05, 0) is 54.7 Å². The average molecular weight is 445 g/mol. The smallest absolute Gasteiger partial charge is 0.190 e. The van der Waals surface area contributed by atoms with Crippen molar-refractivity contribution >= 4 is 34.8 Å². The highest BCUT2D eigenvalue weighted by molar-refractivity contribution is 6.34. The van der Waals surface area contributed by atoms with E-state index in [0.717, 1.165) is 0 Å². The summed E-state index contributed by atoms with van der Waals surface area (Å²) in [5.74, 6) is -1.94. The van der Waals surface area contributed by atoms with Gasteiger partial charge in [0.1, 0.15) is 18.4 Å². The van der Waals surface area contributed by atoms with E-state index in [0.29, 0.717) is 12.0 Å². The van der Waals surface area contributed by atoms with E-state index in [2.05, 4.69) is 0 Å². The summed E-state index contributed by atoms with van der Waals surface area (Å²) in [7, 11) is 0. The fourth-order valence-corrected chi connectivity index (χ4v) is 8.39. The van der Waals surface area contributed by atoms with Gasteiger partial charge in [0, 0.05) is 10.8 Å². The van der Waals surface area contributed by atoms with Crippen LogP contribution in [0.15, 0.2) is 23.8 Å². The van der Waals surface area contributed by atoms with Crippen molar-refractivity contribution < 1.29 is 24.2 Å². The van der Waals surface area contributed by atoms with Crippen molar-refractivity contribution in [2.45, 2.75) is 62.1 Å². The quantitative estimate of drug-likeness (QED) is 0.640. The van der Waals surface area contributed by atoms with Crippen LogP contribution in [-0.4, -0.2) is 50.4 Å². The largest absolute Gasteiger partial charge is 0.388 e. The lowest BCUT2D eigenvalue weighted by molar-refractivity contribution is -0.168. The molecule has 0 heterocycles. The molecule has 3 fully saturated rings. The van der Waals surface area contributed by atoms with E-state index in [1.54, 1.807) is 13.0 Å². The summed E-state index contributed by atoms with van der Waals surface area (Å²) in [6.45, 7) is 4.68. The topological polar surface area (TPSA) is 74.6 Å². The van der Waals surface area contributed by atoms with Gasteiger partial charge in [0.15, 0.2) is 11.6 Å². The maximum atomic E-state index is 15.4. The van der Waals surface area contributed by atoms with Crippen LogP contribution in [0.5, 0.6) is 0 Å². The highest BCUT2D eigenvalue weighted by Crippen LogP contribution is 2.72. The fraction of sp³-hybridized carbons (Fsp3) is 0.727. The maximum Gasteiger partial charge on any atom is 0.190 e. The number of aliphatic hydroxyl groups is 2. The molecule has 4 aliphatic carbocycles. The van der Waals surface area contributed by atoms with Gasteiger partial charge in [-0.15, -0.1) is 23.2 Å². The zero-order valence-corrected chi connectivity index (χ0v) is 18.3. The SMILES string of the molecule is C[C@@H]1CC2C3C[C@H](F)C4=CC(=O)C=CC4(C)[C@@]3(Cl)C(Cl)CC2(C)[C@@]1(O)C(=O)CO. The number of ketones is 2. The number of fused-ring (bicyclic) bond motifs is 5. The monoisotopic (exact) mass is 444 g/mol. The number of allylic oxidation sites excluding steroid dienone is 4. The second-order valence-electron chi connectivity index (χ2n) is 9.80. The second-order valence-corrected chi connectivity index (χ2v) is 10.9. The van der Waals surface area contributed by atoms with Crippen molar-refractivity contribution in [1.82, 2.24) is 0 Å². The number of halogens is 3. The predicted molar refractivity (Wildman–Crippen MR) is 109 cm³/mol. The van der Waals surface area contributed by atoms with Crippen LogP contribution in [0.1, 0.15) is 40.0 Å². The van der Waals surface area contributed by atoms with Crippen molar-refractivity contribution in [3.05, 3.63) is 23.8 Å². The van der Waals surface area contributed by atoms with Crippen LogP contribution in [0.2, 0.25) is 0 Å². The van der Waals surface area contributed by atoms with Crippen molar-refractivity contribution in [2.24, 2.45) is 28.6 Å². The third-order valence-electron chi connectivity index (χ3n) is 8.74. The molecule has 0 spiro atoms. The maximum absolute atomic E-state index is 15.4. The van der Waals surface area contributed by atoms with Crippen molar-refractivity contribution in [2.75, 3.05) is 6.61 Å². The van der Waals surface area contributed by atoms with E-state index in [4.69, 9.17) is 23.2 Å². The van der Waals surface area contributed by atoms with Crippen LogP contribution in [0.25, 0.3) is 0 Å². The zero-order valence-electron chi connectivity index (χ0n) is 16.8. The lowest BCUT2D eigenvalue weighted by atomic mass is 9.46. The molecule has 4 aliphatic rings. The van der Waals surface area contributed by atoms with Gasteiger partial charge < -0.3 is 10.2 Å². The fourth-order valence-electron chi connectivity index (χ4n) is 7.19. The molecular weight excluding hydrogens is 418 g/mol. The van der Waals surface area contributed by atoms with Gasteiger partial charge in [-0.25, -0.2) is 4.39 Å². The van der Waals surface area contributed by atoms with Gasteiger partial charge in [-0.2, -0.15) is 0 Å². The first-order chi connectivity index (χ1) is 13.4. The number of aliphatic hydroxyl groups excluding tert-OH is 1. The number of carbonyl (C=O) groups is 2. The molecule has 3 saturated carbocycles. The van der Waals surface area contributed by atoms with Crippen molar-refractivity contribution in [3.63, 3.8) is 0 Å². The Morgan fingerprint density at radius 3 is 2.59 bits per heavy atom. The standard InChI is InChI=1S/C22H27Cl2FO4/c1-11-6-13-14-8-16(25)15-7-12(27)4-5-19(15,2)21(14,24)17(23)9-20(13,3)22(11,29)18(28)10-26/h4-5,7,11,13-14,16-17,26,29H,6,8-10H2,1-3H3/t11-,13?,14?,16+,17?,19?,20?,21+,22+/m1/s1. The van der Waals surface area contributed by atoms with Crippen LogP contribution >= 0.6 is 23.2 Å². The summed E-state index contributed by atoms with van der Waals surface area (Å²) in [5, 5.41) is 20.3. The van der Waals surface area contributed by atoms with Gasteiger partial charge in [-0.3, -0.25) is 9.59 Å². The number of hydrogen-bond donors (Lipinski definition) is 2. The van der Waals surface area contributed by atoms with Gasteiger partial charge in [0.2, 0.25) is 0 Å². The first-order valence-electron chi connectivity index (χ1n) is 10.2. The van der Waals surface area contributed by atoms with Crippen LogP contribution in [-0.2, 0) is 9.59 Å². The lowest BCUT2D eigenvalue weighted by Gasteiger charge is -2.64. The van der Waals surface area contributed by atoms with Crippen LogP contribution in [0, 0.1) is 28.6 Å². The molecule has 0 aliphatic heterocycles. The molecule has 0 radical (unpaired) electrons. The van der Waals surface area contributed by atoms with Crippen LogP contribution in [0.4, 0.5) is 4.39 Å². The molecule has 5 unspecified atom stereocenters. The minimum atomic E-state index is -1.74. The van der Waals surface area contributed by atoms with Gasteiger partial charge >= 0.3 is 0 Å². The summed E-state index contributed by atoms with van der Waals surface area (Å²) in [6, 6.07) is 0. The summed E-state index contributed by atoms with van der Waals surface area (Å²) in [4.78, 5) is 23.5. The molecule has 0 saturated heterocycles. The summed E-state index contributed by atoms with van der Waals surface area (Å²) >= 11 is 14.2. The lowest BCUT2D eigenvalue weighted by Crippen LogP contribution is -2.69. The summed E-state index contributed by atoms with van der Waals surface area (Å²) in [6.07, 6.45) is 3.92. The minimum absolute atomic E-state index is 0.0889. The third-order valence-corrected chi connectivity index (χ3v) is 10.3. The molecule has 0 aromatic carbocycles. The van der Waals surface area contributed by atoms with Crippen molar-refractivity contribution in [1.29, 1.82) is 0 Å². The molecule has 0 bridgehead atoms. The summed E-state index contributed by atoms with van der Waals surface area (Å²) < 4.78 is 15.4. The Kier molecular flexibility index (Phi) is 4.73. The van der Waals surface area contributed by atoms with Gasteiger partial charge in [0.25, 0.3) is 0 Å². The summed E-state index contributed by atoms with van der Waals surface area (Å²) in [5.41, 5.74) is -3.24. The van der Waals surface area contributed by atoms with Crippen LogP contribution < -0.4 is 0 Å². The molecule has 160 valence electrons. The predicted octanol–water partition coefficient (Wildman–Crippen LogP) is 3.36. The molecule has 4 nitrogen and oxygen atoms in total. The first-order valence-corrected chi connectivity index (χ1v) is 11.0.